The summed E-state index contributed by atoms with van der Waals surface area (Å²) in [6, 6.07) is 1.88. The smallest absolute Gasteiger partial charge is 0.207 e. The Kier molecular flexibility index (Phi) is 4.99. The molecule has 1 aromatic heterocycles. The third-order valence-corrected chi connectivity index (χ3v) is 8.34. The molecule has 19 heavy (non-hydrogen) atoms. The lowest BCUT2D eigenvalue weighted by Crippen LogP contribution is -2.39. The van der Waals surface area contributed by atoms with Crippen LogP contribution in [0.2, 0.25) is 0 Å². The van der Waals surface area contributed by atoms with Gasteiger partial charge in [-0.15, -0.1) is 22.9 Å². The number of hydrogen-bond donors (Lipinski definition) is 0. The number of alkyl halides is 1. The van der Waals surface area contributed by atoms with Crippen molar-refractivity contribution in [2.24, 2.45) is 0 Å². The molecule has 0 N–H and O–H groups in total. The van der Waals surface area contributed by atoms with E-state index < -0.39 is 10.0 Å². The van der Waals surface area contributed by atoms with E-state index in [1.165, 1.54) is 11.3 Å². The van der Waals surface area contributed by atoms with Gasteiger partial charge in [-0.2, -0.15) is 4.31 Å². The van der Waals surface area contributed by atoms with Gasteiger partial charge in [0.05, 0.1) is 9.67 Å². The Morgan fingerprint density at radius 2 is 2.21 bits per heavy atom. The van der Waals surface area contributed by atoms with Crippen LogP contribution < -0.4 is 0 Å². The average molecular weight is 387 g/mol. The summed E-state index contributed by atoms with van der Waals surface area (Å²) < 4.78 is 28.0. The van der Waals surface area contributed by atoms with Crippen LogP contribution in [0.5, 0.6) is 0 Å². The number of halogens is 2. The Morgan fingerprint density at radius 3 is 2.74 bits per heavy atom. The lowest BCUT2D eigenvalue weighted by atomic mass is 10.2. The molecule has 0 amide bonds. The summed E-state index contributed by atoms with van der Waals surface area (Å²) in [7, 11) is -3.43. The first-order valence-corrected chi connectivity index (χ1v) is 9.88. The molecule has 7 heteroatoms. The normalized spacial score (nSPS) is 25.1. The SMILES string of the molecule is CCC1CCC(C)N1S(=O)(=O)c1cc(CCl)sc1Br. The van der Waals surface area contributed by atoms with Crippen LogP contribution in [0.15, 0.2) is 14.7 Å². The molecule has 2 heterocycles. The summed E-state index contributed by atoms with van der Waals surface area (Å²) in [5, 5.41) is 0. The summed E-state index contributed by atoms with van der Waals surface area (Å²) in [6.07, 6.45) is 2.73. The second kappa shape index (κ2) is 6.02. The van der Waals surface area contributed by atoms with Gasteiger partial charge in [-0.1, -0.05) is 6.92 Å². The third-order valence-electron chi connectivity index (χ3n) is 3.58. The highest BCUT2D eigenvalue weighted by molar-refractivity contribution is 9.11. The zero-order chi connectivity index (χ0) is 14.2. The molecule has 0 aliphatic carbocycles. The van der Waals surface area contributed by atoms with Crippen molar-refractivity contribution < 1.29 is 8.42 Å². The van der Waals surface area contributed by atoms with Gasteiger partial charge in [-0.05, 0) is 48.2 Å². The molecule has 1 aliphatic heterocycles. The van der Waals surface area contributed by atoms with Crippen molar-refractivity contribution in [3.8, 4) is 0 Å². The average Bonchev–Trinajstić information content (AvgIpc) is 2.92. The standard InChI is InChI=1S/C12H17BrClNO2S2/c1-3-9-5-4-8(2)15(9)19(16,17)11-6-10(7-14)18-12(11)13/h6,8-9H,3-5,7H2,1-2H3. The van der Waals surface area contributed by atoms with Gasteiger partial charge in [-0.3, -0.25) is 0 Å². The Morgan fingerprint density at radius 1 is 1.53 bits per heavy atom. The van der Waals surface area contributed by atoms with Crippen molar-refractivity contribution in [1.29, 1.82) is 0 Å². The monoisotopic (exact) mass is 385 g/mol. The minimum atomic E-state index is -3.43. The molecule has 0 saturated carbocycles. The largest absolute Gasteiger partial charge is 0.245 e. The van der Waals surface area contributed by atoms with E-state index in [-0.39, 0.29) is 12.1 Å². The third kappa shape index (κ3) is 2.88. The number of rotatable bonds is 4. The maximum atomic E-state index is 12.8. The molecule has 3 nitrogen and oxygen atoms in total. The minimum absolute atomic E-state index is 0.0706. The Bertz CT molecular complexity index is 558. The van der Waals surface area contributed by atoms with E-state index in [0.29, 0.717) is 14.6 Å². The second-order valence-corrected chi connectivity index (χ2v) is 9.34. The van der Waals surface area contributed by atoms with Gasteiger partial charge in [0.1, 0.15) is 4.90 Å². The molecule has 2 rings (SSSR count). The highest BCUT2D eigenvalue weighted by atomic mass is 79.9. The zero-order valence-electron chi connectivity index (χ0n) is 10.9. The van der Waals surface area contributed by atoms with Crippen LogP contribution in [0.4, 0.5) is 0 Å². The summed E-state index contributed by atoms with van der Waals surface area (Å²) in [5.41, 5.74) is 0. The van der Waals surface area contributed by atoms with Crippen LogP contribution in [0, 0.1) is 0 Å². The number of thiophene rings is 1. The predicted octanol–water partition coefficient (Wildman–Crippen LogP) is 4.20. The predicted molar refractivity (Wildman–Crippen MR) is 83.4 cm³/mol. The molecular weight excluding hydrogens is 370 g/mol. The first kappa shape index (κ1) is 15.8. The van der Waals surface area contributed by atoms with Gasteiger partial charge in [0.2, 0.25) is 10.0 Å². The first-order valence-electron chi connectivity index (χ1n) is 6.29. The van der Waals surface area contributed by atoms with Gasteiger partial charge in [0.15, 0.2) is 0 Å². The van der Waals surface area contributed by atoms with Crippen molar-refractivity contribution in [3.63, 3.8) is 0 Å². The highest BCUT2D eigenvalue weighted by Crippen LogP contribution is 2.38. The lowest BCUT2D eigenvalue weighted by molar-refractivity contribution is 0.328. The van der Waals surface area contributed by atoms with E-state index >= 15 is 0 Å². The fourth-order valence-corrected chi connectivity index (χ4v) is 7.29. The fourth-order valence-electron chi connectivity index (χ4n) is 2.62. The summed E-state index contributed by atoms with van der Waals surface area (Å²) in [5.74, 6) is 0.339. The number of sulfonamides is 1. The van der Waals surface area contributed by atoms with Crippen LogP contribution in [-0.2, 0) is 15.9 Å². The maximum Gasteiger partial charge on any atom is 0.245 e. The van der Waals surface area contributed by atoms with Gasteiger partial charge >= 0.3 is 0 Å². The Labute approximate surface area is 132 Å². The Balaban J connectivity index is 2.43. The first-order chi connectivity index (χ1) is 8.91. The van der Waals surface area contributed by atoms with Crippen molar-refractivity contribution >= 4 is 48.9 Å². The van der Waals surface area contributed by atoms with Gasteiger partial charge < -0.3 is 0 Å². The van der Waals surface area contributed by atoms with Crippen molar-refractivity contribution in [2.75, 3.05) is 0 Å². The quantitative estimate of drug-likeness (QED) is 0.727. The molecule has 0 aromatic carbocycles. The summed E-state index contributed by atoms with van der Waals surface area (Å²) in [4.78, 5) is 1.23. The van der Waals surface area contributed by atoms with E-state index in [2.05, 4.69) is 15.9 Å². The van der Waals surface area contributed by atoms with Crippen LogP contribution >= 0.6 is 38.9 Å². The molecule has 1 saturated heterocycles. The highest BCUT2D eigenvalue weighted by Gasteiger charge is 2.40. The van der Waals surface area contributed by atoms with Crippen LogP contribution in [0.3, 0.4) is 0 Å². The zero-order valence-corrected chi connectivity index (χ0v) is 14.9. The molecule has 1 fully saturated rings. The molecule has 1 aliphatic rings. The Hall–Kier alpha value is 0.380. The second-order valence-electron chi connectivity index (χ2n) is 4.81. The number of nitrogens with zero attached hydrogens (tertiary/aromatic N) is 1. The van der Waals surface area contributed by atoms with Crippen LogP contribution in [0.1, 0.15) is 38.0 Å². The van der Waals surface area contributed by atoms with E-state index in [1.54, 1.807) is 10.4 Å². The van der Waals surface area contributed by atoms with Gasteiger partial charge in [0.25, 0.3) is 0 Å². The summed E-state index contributed by atoms with van der Waals surface area (Å²) >= 11 is 10.5. The topological polar surface area (TPSA) is 37.4 Å². The van der Waals surface area contributed by atoms with Crippen LogP contribution in [0.25, 0.3) is 0 Å². The molecule has 0 spiro atoms. The molecule has 2 unspecified atom stereocenters. The van der Waals surface area contributed by atoms with E-state index in [4.69, 9.17) is 11.6 Å². The van der Waals surface area contributed by atoms with Crippen molar-refractivity contribution in [2.45, 2.75) is 56.0 Å². The number of hydrogen-bond acceptors (Lipinski definition) is 3. The van der Waals surface area contributed by atoms with Gasteiger partial charge in [0, 0.05) is 17.0 Å². The van der Waals surface area contributed by atoms with E-state index in [1.807, 2.05) is 13.8 Å². The van der Waals surface area contributed by atoms with E-state index in [9.17, 15) is 8.42 Å². The van der Waals surface area contributed by atoms with Crippen LogP contribution in [-0.4, -0.2) is 24.8 Å². The summed E-state index contributed by atoms with van der Waals surface area (Å²) in [6.45, 7) is 4.02. The molecule has 2 atom stereocenters. The molecule has 0 bridgehead atoms. The van der Waals surface area contributed by atoms with E-state index in [0.717, 1.165) is 24.1 Å². The fraction of sp³-hybridized carbons (Fsp3) is 0.667. The molecule has 108 valence electrons. The minimum Gasteiger partial charge on any atom is -0.207 e. The van der Waals surface area contributed by atoms with Crippen molar-refractivity contribution in [1.82, 2.24) is 4.31 Å². The van der Waals surface area contributed by atoms with Crippen molar-refractivity contribution in [3.05, 3.63) is 14.7 Å². The van der Waals surface area contributed by atoms with Gasteiger partial charge in [-0.25, -0.2) is 8.42 Å². The maximum absolute atomic E-state index is 12.8. The molecule has 0 radical (unpaired) electrons. The molecular formula is C12H17BrClNO2S2. The lowest BCUT2D eigenvalue weighted by Gasteiger charge is -2.26. The molecule has 1 aromatic rings.